The molecule has 0 unspecified atom stereocenters. The van der Waals surface area contributed by atoms with Gasteiger partial charge in [-0.05, 0) is 31.8 Å². The second-order valence-corrected chi connectivity index (χ2v) is 7.15. The molecular weight excluding hydrogens is 367 g/mol. The van der Waals surface area contributed by atoms with Crippen LogP contribution in [0.25, 0.3) is 0 Å². The number of ether oxygens (including phenoxy) is 1. The molecule has 1 fully saturated rings. The van der Waals surface area contributed by atoms with Crippen molar-refractivity contribution >= 4 is 17.3 Å². The third-order valence-electron chi connectivity index (χ3n) is 4.35. The Morgan fingerprint density at radius 2 is 2.12 bits per heavy atom. The van der Waals surface area contributed by atoms with Crippen molar-refractivity contribution in [2.24, 2.45) is 10.9 Å². The van der Waals surface area contributed by atoms with E-state index in [9.17, 15) is 13.2 Å². The quantitative estimate of drug-likeness (QED) is 0.549. The van der Waals surface area contributed by atoms with Crippen molar-refractivity contribution in [2.45, 2.75) is 25.6 Å². The van der Waals surface area contributed by atoms with Gasteiger partial charge in [0.1, 0.15) is 5.01 Å². The zero-order valence-corrected chi connectivity index (χ0v) is 15.9. The van der Waals surface area contributed by atoms with Crippen LogP contribution in [0.5, 0.6) is 0 Å². The number of nitrogens with one attached hydrogen (secondary N) is 2. The maximum absolute atomic E-state index is 12.6. The number of aromatic nitrogens is 1. The molecule has 0 spiro atoms. The summed E-state index contributed by atoms with van der Waals surface area (Å²) in [5.41, 5.74) is -0.845. The van der Waals surface area contributed by atoms with Crippen molar-refractivity contribution in [3.63, 3.8) is 0 Å². The van der Waals surface area contributed by atoms with Crippen molar-refractivity contribution in [2.75, 3.05) is 46.9 Å². The summed E-state index contributed by atoms with van der Waals surface area (Å²) in [5, 5.41) is 7.69. The summed E-state index contributed by atoms with van der Waals surface area (Å²) in [6, 6.07) is 0. The molecule has 0 atom stereocenters. The molecule has 2 heterocycles. The Balaban J connectivity index is 1.69. The first-order valence-corrected chi connectivity index (χ1v) is 9.47. The van der Waals surface area contributed by atoms with Crippen molar-refractivity contribution in [3.05, 3.63) is 16.1 Å². The Morgan fingerprint density at radius 3 is 2.69 bits per heavy atom. The van der Waals surface area contributed by atoms with Gasteiger partial charge < -0.3 is 20.3 Å². The fraction of sp³-hybridized carbons (Fsp3) is 0.750. The van der Waals surface area contributed by atoms with E-state index in [0.717, 1.165) is 62.3 Å². The Bertz CT molecular complexity index is 570. The van der Waals surface area contributed by atoms with Crippen molar-refractivity contribution in [1.82, 2.24) is 20.5 Å². The van der Waals surface area contributed by atoms with Crippen LogP contribution in [-0.4, -0.2) is 62.8 Å². The van der Waals surface area contributed by atoms with Gasteiger partial charge in [-0.25, -0.2) is 4.98 Å². The van der Waals surface area contributed by atoms with E-state index in [1.807, 2.05) is 0 Å². The minimum absolute atomic E-state index is 0.218. The number of likely N-dealkylation sites (tertiary alicyclic amines) is 1. The van der Waals surface area contributed by atoms with E-state index >= 15 is 0 Å². The zero-order valence-electron chi connectivity index (χ0n) is 15.1. The standard InChI is InChI=1S/C16H26F3N5OS/c1-20-15(22-10-14-23-13(11-26-14)16(17,18)19)21-9-12-3-5-24(6-4-12)7-8-25-2/h11-12H,3-10H2,1-2H3,(H2,20,21,22). The zero-order chi connectivity index (χ0) is 19.0. The summed E-state index contributed by atoms with van der Waals surface area (Å²) in [7, 11) is 3.36. The minimum atomic E-state index is -4.40. The number of methoxy groups -OCH3 is 1. The maximum atomic E-state index is 12.6. The summed E-state index contributed by atoms with van der Waals surface area (Å²) in [6.45, 7) is 4.85. The van der Waals surface area contributed by atoms with Gasteiger partial charge in [0.2, 0.25) is 0 Å². The van der Waals surface area contributed by atoms with Crippen LogP contribution in [0.15, 0.2) is 10.4 Å². The lowest BCUT2D eigenvalue weighted by molar-refractivity contribution is -0.140. The first-order valence-electron chi connectivity index (χ1n) is 8.59. The molecule has 1 saturated heterocycles. The molecule has 0 saturated carbocycles. The van der Waals surface area contributed by atoms with Gasteiger partial charge in [-0.15, -0.1) is 11.3 Å². The Hall–Kier alpha value is -1.39. The molecule has 1 aliphatic rings. The molecule has 0 aliphatic carbocycles. The molecule has 148 valence electrons. The monoisotopic (exact) mass is 393 g/mol. The Kier molecular flexibility index (Phi) is 8.11. The van der Waals surface area contributed by atoms with Crippen LogP contribution in [0.2, 0.25) is 0 Å². The SMILES string of the molecule is CN=C(NCc1nc(C(F)(F)F)cs1)NCC1CCN(CCOC)CC1. The van der Waals surface area contributed by atoms with Gasteiger partial charge in [-0.3, -0.25) is 4.99 Å². The summed E-state index contributed by atoms with van der Waals surface area (Å²) in [5.74, 6) is 1.14. The largest absolute Gasteiger partial charge is 0.434 e. The number of rotatable bonds is 7. The van der Waals surface area contributed by atoms with Gasteiger partial charge in [0.25, 0.3) is 0 Å². The van der Waals surface area contributed by atoms with Crippen LogP contribution < -0.4 is 10.6 Å². The molecule has 1 aromatic heterocycles. The van der Waals surface area contributed by atoms with Crippen LogP contribution in [0, 0.1) is 5.92 Å². The van der Waals surface area contributed by atoms with E-state index in [-0.39, 0.29) is 6.54 Å². The van der Waals surface area contributed by atoms with Gasteiger partial charge in [-0.1, -0.05) is 0 Å². The topological polar surface area (TPSA) is 61.8 Å². The van der Waals surface area contributed by atoms with E-state index in [1.54, 1.807) is 14.2 Å². The molecule has 1 aliphatic heterocycles. The van der Waals surface area contributed by atoms with Crippen LogP contribution in [0.3, 0.4) is 0 Å². The normalized spacial score (nSPS) is 17.5. The molecule has 2 N–H and O–H groups in total. The number of piperidine rings is 1. The van der Waals surface area contributed by atoms with E-state index in [2.05, 4.69) is 25.5 Å². The Labute approximate surface area is 155 Å². The first-order chi connectivity index (χ1) is 12.4. The number of hydrogen-bond donors (Lipinski definition) is 2. The molecule has 0 bridgehead atoms. The number of hydrogen-bond acceptors (Lipinski definition) is 5. The van der Waals surface area contributed by atoms with Gasteiger partial charge in [0.05, 0.1) is 13.2 Å². The first kappa shape index (κ1) is 20.9. The third-order valence-corrected chi connectivity index (χ3v) is 5.20. The number of guanidine groups is 1. The molecular formula is C16H26F3N5OS. The number of halogens is 3. The summed E-state index contributed by atoms with van der Waals surface area (Å²) in [4.78, 5) is 10.1. The lowest BCUT2D eigenvalue weighted by Crippen LogP contribution is -2.43. The Morgan fingerprint density at radius 1 is 1.38 bits per heavy atom. The van der Waals surface area contributed by atoms with E-state index in [0.29, 0.717) is 16.9 Å². The van der Waals surface area contributed by atoms with Gasteiger partial charge in [0.15, 0.2) is 11.7 Å². The van der Waals surface area contributed by atoms with Crippen molar-refractivity contribution in [3.8, 4) is 0 Å². The summed E-state index contributed by atoms with van der Waals surface area (Å²) >= 11 is 0.990. The minimum Gasteiger partial charge on any atom is -0.383 e. The van der Waals surface area contributed by atoms with Gasteiger partial charge >= 0.3 is 6.18 Å². The predicted molar refractivity (Wildman–Crippen MR) is 96.4 cm³/mol. The summed E-state index contributed by atoms with van der Waals surface area (Å²) in [6.07, 6.45) is -2.18. The molecule has 0 radical (unpaired) electrons. The highest BCUT2D eigenvalue weighted by Gasteiger charge is 2.33. The molecule has 6 nitrogen and oxygen atoms in total. The molecule has 0 amide bonds. The summed E-state index contributed by atoms with van der Waals surface area (Å²) < 4.78 is 42.8. The van der Waals surface area contributed by atoms with Crippen LogP contribution in [0.4, 0.5) is 13.2 Å². The van der Waals surface area contributed by atoms with Crippen LogP contribution in [0.1, 0.15) is 23.5 Å². The van der Waals surface area contributed by atoms with Crippen LogP contribution in [-0.2, 0) is 17.5 Å². The second-order valence-electron chi connectivity index (χ2n) is 6.21. The maximum Gasteiger partial charge on any atom is 0.434 e. The molecule has 0 aromatic carbocycles. The average Bonchev–Trinajstić information content (AvgIpc) is 3.10. The highest BCUT2D eigenvalue weighted by molar-refractivity contribution is 7.09. The lowest BCUT2D eigenvalue weighted by atomic mass is 9.97. The third kappa shape index (κ3) is 6.73. The van der Waals surface area contributed by atoms with E-state index in [4.69, 9.17) is 4.74 Å². The smallest absolute Gasteiger partial charge is 0.383 e. The highest BCUT2D eigenvalue weighted by atomic mass is 32.1. The van der Waals surface area contributed by atoms with Gasteiger partial charge in [0, 0.05) is 32.6 Å². The lowest BCUT2D eigenvalue weighted by Gasteiger charge is -2.32. The fourth-order valence-corrected chi connectivity index (χ4v) is 3.52. The van der Waals surface area contributed by atoms with Crippen molar-refractivity contribution < 1.29 is 17.9 Å². The van der Waals surface area contributed by atoms with Gasteiger partial charge in [-0.2, -0.15) is 13.2 Å². The number of aliphatic imine (C=N–C) groups is 1. The van der Waals surface area contributed by atoms with Crippen molar-refractivity contribution in [1.29, 1.82) is 0 Å². The predicted octanol–water partition coefficient (Wildman–Crippen LogP) is 2.19. The average molecular weight is 393 g/mol. The van der Waals surface area contributed by atoms with E-state index in [1.165, 1.54) is 0 Å². The van der Waals surface area contributed by atoms with Crippen LogP contribution >= 0.6 is 11.3 Å². The second kappa shape index (κ2) is 10.1. The molecule has 2 rings (SSSR count). The number of thiazole rings is 1. The highest BCUT2D eigenvalue weighted by Crippen LogP contribution is 2.29. The molecule has 26 heavy (non-hydrogen) atoms. The van der Waals surface area contributed by atoms with E-state index < -0.39 is 11.9 Å². The molecule has 1 aromatic rings. The number of nitrogens with zero attached hydrogens (tertiary/aromatic N) is 3. The molecule has 10 heteroatoms. The fourth-order valence-electron chi connectivity index (χ4n) is 2.78. The number of alkyl halides is 3.